The van der Waals surface area contributed by atoms with E-state index in [9.17, 15) is 18.0 Å². The third-order valence-electron chi connectivity index (χ3n) is 5.64. The highest BCUT2D eigenvalue weighted by atomic mass is 32.1. The number of carbonyl (C=O) groups excluding carboxylic acids is 1. The number of aromatic nitrogens is 5. The number of rotatable bonds is 6. The standard InChI is InChI=1S/C22H26F3N7O2S/c1-5-34-17-7-6-16(10-26-17)19-20(35-21(28-19)22(23,24)25)30-8-9-31(13(2)11-30)18(33)12-32-15(4)27-14(3)29-32/h6-7,10,13H,5,8-9,11-12H2,1-4H3. The number of hydrogen-bond acceptors (Lipinski definition) is 8. The van der Waals surface area contributed by atoms with Crippen molar-refractivity contribution in [2.75, 3.05) is 31.1 Å². The Hall–Kier alpha value is -3.22. The minimum Gasteiger partial charge on any atom is -0.478 e. The normalized spacial score (nSPS) is 16.6. The molecule has 0 bridgehead atoms. The van der Waals surface area contributed by atoms with Crippen LogP contribution in [-0.4, -0.2) is 67.8 Å². The fourth-order valence-corrected chi connectivity index (χ4v) is 5.02. The van der Waals surface area contributed by atoms with Gasteiger partial charge >= 0.3 is 6.18 Å². The van der Waals surface area contributed by atoms with E-state index in [1.807, 2.05) is 18.7 Å². The summed E-state index contributed by atoms with van der Waals surface area (Å²) in [4.78, 5) is 28.8. The van der Waals surface area contributed by atoms with Crippen LogP contribution in [0.25, 0.3) is 11.3 Å². The van der Waals surface area contributed by atoms with E-state index >= 15 is 0 Å². The maximum Gasteiger partial charge on any atom is 0.443 e. The highest BCUT2D eigenvalue weighted by molar-refractivity contribution is 7.16. The third kappa shape index (κ3) is 5.39. The first-order valence-electron chi connectivity index (χ1n) is 11.2. The molecule has 1 saturated heterocycles. The molecule has 1 aliphatic rings. The summed E-state index contributed by atoms with van der Waals surface area (Å²) in [5, 5.41) is 3.73. The summed E-state index contributed by atoms with van der Waals surface area (Å²) < 4.78 is 47.5. The molecule has 4 rings (SSSR count). The predicted octanol–water partition coefficient (Wildman–Crippen LogP) is 3.57. The number of thiazole rings is 1. The van der Waals surface area contributed by atoms with Crippen LogP contribution in [0.1, 0.15) is 30.5 Å². The van der Waals surface area contributed by atoms with Gasteiger partial charge in [0.25, 0.3) is 0 Å². The van der Waals surface area contributed by atoms with Crippen LogP contribution < -0.4 is 9.64 Å². The fourth-order valence-electron chi connectivity index (χ4n) is 4.03. The Labute approximate surface area is 204 Å². The van der Waals surface area contributed by atoms with Crippen molar-refractivity contribution in [2.45, 2.75) is 46.5 Å². The van der Waals surface area contributed by atoms with Crippen molar-refractivity contribution in [1.82, 2.24) is 29.6 Å². The van der Waals surface area contributed by atoms with Crippen LogP contribution >= 0.6 is 11.3 Å². The molecule has 9 nitrogen and oxygen atoms in total. The molecular formula is C22H26F3N7O2S. The van der Waals surface area contributed by atoms with Gasteiger partial charge in [-0.25, -0.2) is 19.6 Å². The number of piperazine rings is 1. The quantitative estimate of drug-likeness (QED) is 0.502. The summed E-state index contributed by atoms with van der Waals surface area (Å²) in [6.07, 6.45) is -3.09. The number of carbonyl (C=O) groups is 1. The average Bonchev–Trinajstić information content (AvgIpc) is 3.37. The van der Waals surface area contributed by atoms with Crippen molar-refractivity contribution in [2.24, 2.45) is 0 Å². The van der Waals surface area contributed by atoms with Crippen LogP contribution in [0.2, 0.25) is 0 Å². The van der Waals surface area contributed by atoms with E-state index in [1.54, 1.807) is 35.6 Å². The Morgan fingerprint density at radius 3 is 2.57 bits per heavy atom. The van der Waals surface area contributed by atoms with Gasteiger partial charge in [0.1, 0.15) is 28.9 Å². The molecule has 0 aliphatic carbocycles. The van der Waals surface area contributed by atoms with Gasteiger partial charge in [-0.05, 0) is 33.8 Å². The number of hydrogen-bond donors (Lipinski definition) is 0. The molecule has 3 aromatic heterocycles. The highest BCUT2D eigenvalue weighted by Crippen LogP contribution is 2.43. The SMILES string of the molecule is CCOc1ccc(-c2nc(C(F)(F)F)sc2N2CCN(C(=O)Cn3nc(C)nc3C)C(C)C2)cn1. The number of nitrogens with zero attached hydrogens (tertiary/aromatic N) is 7. The van der Waals surface area contributed by atoms with Gasteiger partial charge < -0.3 is 14.5 Å². The van der Waals surface area contributed by atoms with Crippen LogP contribution in [0.3, 0.4) is 0 Å². The van der Waals surface area contributed by atoms with Gasteiger partial charge in [-0.1, -0.05) is 11.3 Å². The Morgan fingerprint density at radius 2 is 2.00 bits per heavy atom. The zero-order valence-electron chi connectivity index (χ0n) is 19.8. The third-order valence-corrected chi connectivity index (χ3v) is 6.80. The van der Waals surface area contributed by atoms with Crippen molar-refractivity contribution in [3.8, 4) is 17.1 Å². The van der Waals surface area contributed by atoms with Crippen LogP contribution in [0.5, 0.6) is 5.88 Å². The van der Waals surface area contributed by atoms with Crippen LogP contribution in [0.15, 0.2) is 18.3 Å². The second kappa shape index (κ2) is 9.80. The minimum absolute atomic E-state index is 0.0683. The summed E-state index contributed by atoms with van der Waals surface area (Å²) in [5.41, 5.74) is 0.692. The first-order chi connectivity index (χ1) is 16.6. The van der Waals surface area contributed by atoms with Crippen molar-refractivity contribution >= 4 is 22.2 Å². The number of pyridine rings is 1. The first-order valence-corrected chi connectivity index (χ1v) is 12.0. The summed E-state index contributed by atoms with van der Waals surface area (Å²) in [5.74, 6) is 1.53. The maximum atomic E-state index is 13.5. The van der Waals surface area contributed by atoms with Gasteiger partial charge in [0.15, 0.2) is 0 Å². The topological polar surface area (TPSA) is 89.3 Å². The molecule has 1 atom stereocenters. The molecule has 3 aromatic rings. The Morgan fingerprint density at radius 1 is 1.23 bits per heavy atom. The van der Waals surface area contributed by atoms with Crippen molar-refractivity contribution in [1.29, 1.82) is 0 Å². The van der Waals surface area contributed by atoms with Gasteiger partial charge in [0.05, 0.1) is 6.61 Å². The molecule has 1 aliphatic heterocycles. The van der Waals surface area contributed by atoms with E-state index in [0.717, 1.165) is 0 Å². The second-order valence-electron chi connectivity index (χ2n) is 8.23. The highest BCUT2D eigenvalue weighted by Gasteiger charge is 2.38. The van der Waals surface area contributed by atoms with E-state index in [0.29, 0.717) is 65.7 Å². The number of amides is 1. The Bertz CT molecular complexity index is 1190. The number of alkyl halides is 3. The van der Waals surface area contributed by atoms with Crippen LogP contribution in [0, 0.1) is 13.8 Å². The van der Waals surface area contributed by atoms with Crippen molar-refractivity contribution < 1.29 is 22.7 Å². The molecule has 1 fully saturated rings. The summed E-state index contributed by atoms with van der Waals surface area (Å²) in [6.45, 7) is 8.87. The lowest BCUT2D eigenvalue weighted by Crippen LogP contribution is -2.54. The molecule has 188 valence electrons. The van der Waals surface area contributed by atoms with Crippen molar-refractivity contribution in [3.63, 3.8) is 0 Å². The summed E-state index contributed by atoms with van der Waals surface area (Å²) >= 11 is 0.606. The van der Waals surface area contributed by atoms with Gasteiger partial charge in [-0.3, -0.25) is 4.79 Å². The molecule has 13 heteroatoms. The second-order valence-corrected chi connectivity index (χ2v) is 9.21. The lowest BCUT2D eigenvalue weighted by Gasteiger charge is -2.40. The van der Waals surface area contributed by atoms with E-state index in [-0.39, 0.29) is 24.2 Å². The summed E-state index contributed by atoms with van der Waals surface area (Å²) in [7, 11) is 0. The molecule has 1 amide bonds. The van der Waals surface area contributed by atoms with Gasteiger partial charge in [-0.2, -0.15) is 18.3 Å². The largest absolute Gasteiger partial charge is 0.478 e. The number of anilines is 1. The Balaban J connectivity index is 1.55. The van der Waals surface area contributed by atoms with Crippen molar-refractivity contribution in [3.05, 3.63) is 35.0 Å². The zero-order valence-corrected chi connectivity index (χ0v) is 20.7. The van der Waals surface area contributed by atoms with Crippen LogP contribution in [-0.2, 0) is 17.5 Å². The van der Waals surface area contributed by atoms with E-state index < -0.39 is 11.2 Å². The van der Waals surface area contributed by atoms with E-state index in [2.05, 4.69) is 20.1 Å². The first kappa shape index (κ1) is 24.9. The van der Waals surface area contributed by atoms with Crippen LogP contribution in [0.4, 0.5) is 18.2 Å². The fraction of sp³-hybridized carbons (Fsp3) is 0.500. The average molecular weight is 510 g/mol. The minimum atomic E-state index is -4.56. The molecule has 1 unspecified atom stereocenters. The summed E-state index contributed by atoms with van der Waals surface area (Å²) in [6, 6.07) is 3.05. The number of halogens is 3. The zero-order chi connectivity index (χ0) is 25.3. The lowest BCUT2D eigenvalue weighted by atomic mass is 10.1. The molecule has 0 spiro atoms. The molecular weight excluding hydrogens is 483 g/mol. The molecule has 4 heterocycles. The number of aryl methyl sites for hydroxylation is 2. The van der Waals surface area contributed by atoms with E-state index in [1.165, 1.54) is 6.20 Å². The van der Waals surface area contributed by atoms with Gasteiger partial charge in [-0.15, -0.1) is 0 Å². The lowest BCUT2D eigenvalue weighted by molar-refractivity contribution is -0.137. The molecule has 0 saturated carbocycles. The monoisotopic (exact) mass is 509 g/mol. The molecule has 0 aromatic carbocycles. The van der Waals surface area contributed by atoms with Gasteiger partial charge in [0.2, 0.25) is 16.8 Å². The predicted molar refractivity (Wildman–Crippen MR) is 124 cm³/mol. The maximum absolute atomic E-state index is 13.5. The molecule has 35 heavy (non-hydrogen) atoms. The molecule has 0 N–H and O–H groups in total. The Kier molecular flexibility index (Phi) is 6.97. The van der Waals surface area contributed by atoms with Gasteiger partial charge in [0, 0.05) is 43.5 Å². The molecule has 0 radical (unpaired) electrons. The van der Waals surface area contributed by atoms with E-state index in [4.69, 9.17) is 4.74 Å². The smallest absolute Gasteiger partial charge is 0.443 e. The number of ether oxygens (including phenoxy) is 1.